The van der Waals surface area contributed by atoms with Gasteiger partial charge in [0.25, 0.3) is 0 Å². The van der Waals surface area contributed by atoms with Crippen LogP contribution in [0.5, 0.6) is 0 Å². The zero-order valence-corrected chi connectivity index (χ0v) is 12.4. The molecule has 1 heterocycles. The highest BCUT2D eigenvalue weighted by Crippen LogP contribution is 2.31. The first kappa shape index (κ1) is 16.6. The summed E-state index contributed by atoms with van der Waals surface area (Å²) in [6.45, 7) is 7.90. The van der Waals surface area contributed by atoms with E-state index in [1.165, 1.54) is 0 Å². The number of rotatable bonds is 5. The Labute approximate surface area is 116 Å². The quantitative estimate of drug-likeness (QED) is 0.847. The fourth-order valence-corrected chi connectivity index (χ4v) is 2.72. The number of carbonyl (C=O) groups is 1. The molecule has 1 amide bonds. The van der Waals surface area contributed by atoms with Crippen LogP contribution in [-0.2, 0) is 4.79 Å². The molecule has 0 aromatic rings. The van der Waals surface area contributed by atoms with Gasteiger partial charge in [0.05, 0.1) is 12.2 Å². The third-order valence-electron chi connectivity index (χ3n) is 3.13. The molecule has 1 N–H and O–H groups in total. The Bertz CT molecular complexity index is 321. The van der Waals surface area contributed by atoms with Crippen molar-refractivity contribution in [3.8, 4) is 0 Å². The zero-order chi connectivity index (χ0) is 14.8. The van der Waals surface area contributed by atoms with Crippen molar-refractivity contribution in [2.24, 2.45) is 11.8 Å². The van der Waals surface area contributed by atoms with Crippen LogP contribution < -0.4 is 5.32 Å². The van der Waals surface area contributed by atoms with E-state index in [-0.39, 0.29) is 54.0 Å². The molecule has 1 aliphatic rings. The van der Waals surface area contributed by atoms with Crippen molar-refractivity contribution >= 4 is 17.7 Å². The first-order valence-electron chi connectivity index (χ1n) is 6.40. The highest BCUT2D eigenvalue weighted by atomic mass is 32.2. The lowest BCUT2D eigenvalue weighted by molar-refractivity contribution is -0.130. The van der Waals surface area contributed by atoms with Gasteiger partial charge in [0.1, 0.15) is 0 Å². The van der Waals surface area contributed by atoms with Gasteiger partial charge in [-0.3, -0.25) is 10.1 Å². The number of halogens is 3. The second kappa shape index (κ2) is 6.35. The van der Waals surface area contributed by atoms with Crippen LogP contribution in [0.25, 0.3) is 0 Å². The molecule has 0 aromatic heterocycles. The van der Waals surface area contributed by atoms with E-state index in [0.29, 0.717) is 0 Å². The molecule has 7 heteroatoms. The van der Waals surface area contributed by atoms with E-state index in [1.54, 1.807) is 4.90 Å². The first-order chi connectivity index (χ1) is 8.63. The lowest BCUT2D eigenvalue weighted by Gasteiger charge is -2.27. The van der Waals surface area contributed by atoms with E-state index in [4.69, 9.17) is 0 Å². The molecule has 0 spiro atoms. The largest absolute Gasteiger partial charge is 0.441 e. The summed E-state index contributed by atoms with van der Waals surface area (Å²) in [4.78, 5) is 13.7. The zero-order valence-electron chi connectivity index (χ0n) is 11.6. The summed E-state index contributed by atoms with van der Waals surface area (Å²) >= 11 is -0.0758. The first-order valence-corrected chi connectivity index (χ1v) is 7.39. The summed E-state index contributed by atoms with van der Waals surface area (Å²) in [6, 6.07) is -0.289. The number of hydrogen-bond donors (Lipinski definition) is 1. The number of amides is 1. The van der Waals surface area contributed by atoms with Gasteiger partial charge in [0.15, 0.2) is 0 Å². The molecule has 2 atom stereocenters. The van der Waals surface area contributed by atoms with E-state index in [2.05, 4.69) is 5.32 Å². The minimum absolute atomic E-state index is 0.0758. The van der Waals surface area contributed by atoms with Crippen LogP contribution in [-0.4, -0.2) is 40.8 Å². The Morgan fingerprint density at radius 2 is 1.84 bits per heavy atom. The molecule has 1 rings (SSSR count). The van der Waals surface area contributed by atoms with Crippen LogP contribution >= 0.6 is 11.8 Å². The molecule has 0 radical (unpaired) electrons. The van der Waals surface area contributed by atoms with Crippen molar-refractivity contribution in [1.29, 1.82) is 0 Å². The molecule has 112 valence electrons. The van der Waals surface area contributed by atoms with Crippen molar-refractivity contribution in [3.63, 3.8) is 0 Å². The summed E-state index contributed by atoms with van der Waals surface area (Å²) in [5.74, 6) is 0.0967. The third kappa shape index (κ3) is 4.56. The van der Waals surface area contributed by atoms with Gasteiger partial charge in [-0.15, -0.1) is 0 Å². The molecule has 2 unspecified atom stereocenters. The maximum atomic E-state index is 12.2. The van der Waals surface area contributed by atoms with Gasteiger partial charge in [0, 0.05) is 12.3 Å². The normalized spacial score (nSPS) is 24.9. The van der Waals surface area contributed by atoms with Crippen LogP contribution in [0.15, 0.2) is 0 Å². The summed E-state index contributed by atoms with van der Waals surface area (Å²) in [5.41, 5.74) is -4.24. The molecule has 0 saturated carbocycles. The number of nitrogens with one attached hydrogen (secondary N) is 1. The maximum Gasteiger partial charge on any atom is 0.441 e. The highest BCUT2D eigenvalue weighted by molar-refractivity contribution is 8.00. The fourth-order valence-electron chi connectivity index (χ4n) is 2.20. The Hall–Kier alpha value is -0.430. The Kier molecular flexibility index (Phi) is 5.55. The number of thioether (sulfide) groups is 1. The SMILES string of the molecule is CC(C)C1NC(C(C)C)N(CCSC(F)(F)F)C1=O. The predicted molar refractivity (Wildman–Crippen MR) is 70.6 cm³/mol. The molecule has 1 saturated heterocycles. The van der Waals surface area contributed by atoms with Gasteiger partial charge < -0.3 is 4.90 Å². The van der Waals surface area contributed by atoms with E-state index >= 15 is 0 Å². The summed E-state index contributed by atoms with van der Waals surface area (Å²) < 4.78 is 36.4. The van der Waals surface area contributed by atoms with Crippen LogP contribution in [0.4, 0.5) is 13.2 Å². The van der Waals surface area contributed by atoms with Gasteiger partial charge in [0.2, 0.25) is 5.91 Å². The van der Waals surface area contributed by atoms with Gasteiger partial charge >= 0.3 is 5.51 Å². The molecule has 1 aliphatic heterocycles. The second-order valence-electron chi connectivity index (χ2n) is 5.40. The summed E-state index contributed by atoms with van der Waals surface area (Å²) in [5, 5.41) is 3.22. The van der Waals surface area contributed by atoms with E-state index < -0.39 is 5.51 Å². The summed E-state index contributed by atoms with van der Waals surface area (Å²) in [7, 11) is 0. The third-order valence-corrected chi connectivity index (χ3v) is 3.85. The smallest absolute Gasteiger partial charge is 0.325 e. The number of nitrogens with zero attached hydrogens (tertiary/aromatic N) is 1. The monoisotopic (exact) mass is 298 g/mol. The van der Waals surface area contributed by atoms with Gasteiger partial charge in [-0.05, 0) is 23.6 Å². The van der Waals surface area contributed by atoms with E-state index in [0.717, 1.165) is 0 Å². The molecular weight excluding hydrogens is 277 g/mol. The molecule has 19 heavy (non-hydrogen) atoms. The molecule has 0 aromatic carbocycles. The molecule has 0 bridgehead atoms. The highest BCUT2D eigenvalue weighted by Gasteiger charge is 2.41. The van der Waals surface area contributed by atoms with Crippen LogP contribution in [0, 0.1) is 11.8 Å². The lowest BCUT2D eigenvalue weighted by atomic mass is 10.1. The van der Waals surface area contributed by atoms with Crippen LogP contribution in [0.1, 0.15) is 27.7 Å². The fraction of sp³-hybridized carbons (Fsp3) is 0.917. The van der Waals surface area contributed by atoms with Crippen molar-refractivity contribution in [3.05, 3.63) is 0 Å². The van der Waals surface area contributed by atoms with E-state index in [1.807, 2.05) is 27.7 Å². The standard InChI is InChI=1S/C12H21F3N2OS/c1-7(2)9-11(18)17(10(16-9)8(3)4)5-6-19-12(13,14)15/h7-10,16H,5-6H2,1-4H3. The number of carbonyl (C=O) groups excluding carboxylic acids is 1. The van der Waals surface area contributed by atoms with E-state index in [9.17, 15) is 18.0 Å². The number of hydrogen-bond acceptors (Lipinski definition) is 3. The minimum atomic E-state index is -4.24. The molecule has 0 aliphatic carbocycles. The lowest BCUT2D eigenvalue weighted by Crippen LogP contribution is -2.42. The Morgan fingerprint density at radius 1 is 1.26 bits per heavy atom. The van der Waals surface area contributed by atoms with Crippen molar-refractivity contribution in [2.45, 2.75) is 45.4 Å². The number of alkyl halides is 3. The average Bonchev–Trinajstić information content (AvgIpc) is 2.55. The Morgan fingerprint density at radius 3 is 2.26 bits per heavy atom. The van der Waals surface area contributed by atoms with Gasteiger partial charge in [-0.25, -0.2) is 0 Å². The Balaban J connectivity index is 2.64. The van der Waals surface area contributed by atoms with Crippen LogP contribution in [0.2, 0.25) is 0 Å². The van der Waals surface area contributed by atoms with Gasteiger partial charge in [-0.2, -0.15) is 13.2 Å². The minimum Gasteiger partial charge on any atom is -0.325 e. The second-order valence-corrected chi connectivity index (χ2v) is 6.56. The predicted octanol–water partition coefficient (Wildman–Crippen LogP) is 2.68. The topological polar surface area (TPSA) is 32.3 Å². The molecule has 3 nitrogen and oxygen atoms in total. The van der Waals surface area contributed by atoms with Gasteiger partial charge in [-0.1, -0.05) is 27.7 Å². The van der Waals surface area contributed by atoms with Crippen molar-refractivity contribution < 1.29 is 18.0 Å². The van der Waals surface area contributed by atoms with Crippen molar-refractivity contribution in [1.82, 2.24) is 10.2 Å². The van der Waals surface area contributed by atoms with Crippen molar-refractivity contribution in [2.75, 3.05) is 12.3 Å². The maximum absolute atomic E-state index is 12.2. The molecule has 1 fully saturated rings. The average molecular weight is 298 g/mol. The van der Waals surface area contributed by atoms with Crippen LogP contribution in [0.3, 0.4) is 0 Å². The summed E-state index contributed by atoms with van der Waals surface area (Å²) in [6.07, 6.45) is -0.172. The molecular formula is C12H21F3N2OS.